The molecule has 0 saturated heterocycles. The van der Waals surface area contributed by atoms with Gasteiger partial charge in [0.05, 0.1) is 6.61 Å². The van der Waals surface area contributed by atoms with Gasteiger partial charge >= 0.3 is 0 Å². The molecule has 2 heterocycles. The van der Waals surface area contributed by atoms with Gasteiger partial charge < -0.3 is 10.4 Å². The van der Waals surface area contributed by atoms with Crippen molar-refractivity contribution in [1.29, 1.82) is 0 Å². The summed E-state index contributed by atoms with van der Waals surface area (Å²) in [7, 11) is 0. The van der Waals surface area contributed by atoms with Crippen LogP contribution in [0.25, 0.3) is 5.82 Å². The fourth-order valence-electron chi connectivity index (χ4n) is 1.31. The molecule has 0 radical (unpaired) electrons. The van der Waals surface area contributed by atoms with Gasteiger partial charge in [-0.3, -0.25) is 4.57 Å². The normalized spacial score (nSPS) is 10.5. The van der Waals surface area contributed by atoms with Crippen LogP contribution in [0.2, 0.25) is 0 Å². The van der Waals surface area contributed by atoms with Crippen molar-refractivity contribution in [1.82, 2.24) is 19.5 Å². The lowest BCUT2D eigenvalue weighted by Gasteiger charge is -2.08. The lowest BCUT2D eigenvalue weighted by atomic mass is 10.5. The lowest BCUT2D eigenvalue weighted by Crippen LogP contribution is -2.09. The largest absolute Gasteiger partial charge is 0.395 e. The number of nitrogens with zero attached hydrogens (tertiary/aromatic N) is 4. The Labute approximate surface area is 103 Å². The molecule has 2 aromatic heterocycles. The molecule has 0 atom stereocenters. The predicted octanol–water partition coefficient (Wildman–Crippen LogP) is 0.788. The van der Waals surface area contributed by atoms with Crippen molar-refractivity contribution in [2.75, 3.05) is 24.7 Å². The van der Waals surface area contributed by atoms with Gasteiger partial charge in [-0.15, -0.1) is 0 Å². The predicted molar refractivity (Wildman–Crippen MR) is 66.5 cm³/mol. The Morgan fingerprint density at radius 1 is 1.47 bits per heavy atom. The number of imidazole rings is 1. The van der Waals surface area contributed by atoms with E-state index in [4.69, 9.17) is 5.11 Å². The molecule has 0 saturated carbocycles. The number of aromatic nitrogens is 4. The van der Waals surface area contributed by atoms with Crippen LogP contribution in [0.4, 0.5) is 5.82 Å². The summed E-state index contributed by atoms with van der Waals surface area (Å²) < 4.78 is 1.81. The second-order valence-corrected chi connectivity index (χ2v) is 3.99. The van der Waals surface area contributed by atoms with E-state index in [1.165, 1.54) is 11.8 Å². The third-order valence-electron chi connectivity index (χ3n) is 2.06. The standard InChI is InChI=1S/C10H13N5OS/c1-17-10-13-8(12-3-5-16)6-9(14-10)15-4-2-11-7-15/h2,4,6-7,16H,3,5H2,1H3,(H,12,13,14). The van der Waals surface area contributed by atoms with E-state index >= 15 is 0 Å². The number of rotatable bonds is 5. The summed E-state index contributed by atoms with van der Waals surface area (Å²) in [5.41, 5.74) is 0. The van der Waals surface area contributed by atoms with Gasteiger partial charge in [-0.25, -0.2) is 15.0 Å². The summed E-state index contributed by atoms with van der Waals surface area (Å²) in [5, 5.41) is 12.5. The summed E-state index contributed by atoms with van der Waals surface area (Å²) in [6.07, 6.45) is 7.12. The number of hydrogen-bond acceptors (Lipinski definition) is 6. The first-order chi connectivity index (χ1) is 8.33. The molecule has 0 bridgehead atoms. The maximum atomic E-state index is 8.78. The highest BCUT2D eigenvalue weighted by molar-refractivity contribution is 7.98. The Kier molecular flexibility index (Phi) is 3.94. The third kappa shape index (κ3) is 2.95. The van der Waals surface area contributed by atoms with Crippen molar-refractivity contribution >= 4 is 17.6 Å². The number of nitrogens with one attached hydrogen (secondary N) is 1. The van der Waals surface area contributed by atoms with Crippen molar-refractivity contribution in [3.8, 4) is 5.82 Å². The van der Waals surface area contributed by atoms with E-state index in [1.807, 2.05) is 23.1 Å². The highest BCUT2D eigenvalue weighted by Gasteiger charge is 2.05. The van der Waals surface area contributed by atoms with Crippen LogP contribution in [0.3, 0.4) is 0 Å². The van der Waals surface area contributed by atoms with Gasteiger partial charge in [-0.2, -0.15) is 0 Å². The minimum Gasteiger partial charge on any atom is -0.395 e. The first-order valence-corrected chi connectivity index (χ1v) is 6.32. The molecule has 17 heavy (non-hydrogen) atoms. The fourth-order valence-corrected chi connectivity index (χ4v) is 1.68. The topological polar surface area (TPSA) is 75.9 Å². The van der Waals surface area contributed by atoms with Crippen LogP contribution in [0.5, 0.6) is 0 Å². The van der Waals surface area contributed by atoms with Crippen LogP contribution in [-0.2, 0) is 0 Å². The molecule has 0 spiro atoms. The zero-order valence-electron chi connectivity index (χ0n) is 9.37. The van der Waals surface area contributed by atoms with Crippen LogP contribution >= 0.6 is 11.8 Å². The second kappa shape index (κ2) is 5.65. The first-order valence-electron chi connectivity index (χ1n) is 5.09. The van der Waals surface area contributed by atoms with Gasteiger partial charge in [0.15, 0.2) is 5.16 Å². The Balaban J connectivity index is 2.32. The summed E-state index contributed by atoms with van der Waals surface area (Å²) in [6.45, 7) is 0.535. The monoisotopic (exact) mass is 251 g/mol. The van der Waals surface area contributed by atoms with E-state index in [0.29, 0.717) is 17.5 Å². The first kappa shape index (κ1) is 11.9. The number of thioether (sulfide) groups is 1. The van der Waals surface area contributed by atoms with Gasteiger partial charge in [0.1, 0.15) is 18.0 Å². The van der Waals surface area contributed by atoms with E-state index < -0.39 is 0 Å². The van der Waals surface area contributed by atoms with Crippen molar-refractivity contribution in [2.24, 2.45) is 0 Å². The van der Waals surface area contributed by atoms with E-state index in [-0.39, 0.29) is 6.61 Å². The van der Waals surface area contributed by atoms with Gasteiger partial charge in [0.2, 0.25) is 0 Å². The molecule has 7 heteroatoms. The Bertz CT molecular complexity index is 474. The number of anilines is 1. The molecule has 0 aliphatic carbocycles. The second-order valence-electron chi connectivity index (χ2n) is 3.22. The van der Waals surface area contributed by atoms with Gasteiger partial charge in [0.25, 0.3) is 0 Å². The van der Waals surface area contributed by atoms with E-state index in [0.717, 1.165) is 5.82 Å². The quantitative estimate of drug-likeness (QED) is 0.604. The van der Waals surface area contributed by atoms with E-state index in [1.54, 1.807) is 12.5 Å². The van der Waals surface area contributed by atoms with E-state index in [2.05, 4.69) is 20.3 Å². The van der Waals surface area contributed by atoms with Crippen molar-refractivity contribution < 1.29 is 5.11 Å². The van der Waals surface area contributed by atoms with Crippen LogP contribution in [0.15, 0.2) is 29.9 Å². The Hall–Kier alpha value is -1.60. The Morgan fingerprint density at radius 3 is 3.00 bits per heavy atom. The van der Waals surface area contributed by atoms with Crippen molar-refractivity contribution in [2.45, 2.75) is 5.16 Å². The molecule has 0 amide bonds. The summed E-state index contributed by atoms with van der Waals surface area (Å²) in [4.78, 5) is 12.7. The molecule has 0 unspecified atom stereocenters. The molecule has 2 rings (SSSR count). The summed E-state index contributed by atoms with van der Waals surface area (Å²) in [5.74, 6) is 1.45. The average Bonchev–Trinajstić information content (AvgIpc) is 2.89. The lowest BCUT2D eigenvalue weighted by molar-refractivity contribution is 0.311. The van der Waals surface area contributed by atoms with Gasteiger partial charge in [0, 0.05) is 25.0 Å². The molecule has 6 nitrogen and oxygen atoms in total. The molecule has 0 aromatic carbocycles. The van der Waals surface area contributed by atoms with Crippen LogP contribution in [0, 0.1) is 0 Å². The van der Waals surface area contributed by atoms with Crippen LogP contribution in [0.1, 0.15) is 0 Å². The highest BCUT2D eigenvalue weighted by Crippen LogP contribution is 2.16. The molecule has 0 fully saturated rings. The molecule has 0 aliphatic rings. The van der Waals surface area contributed by atoms with E-state index in [9.17, 15) is 0 Å². The maximum Gasteiger partial charge on any atom is 0.191 e. The number of aliphatic hydroxyl groups is 1. The molecule has 90 valence electrons. The molecule has 2 aromatic rings. The van der Waals surface area contributed by atoms with Crippen LogP contribution < -0.4 is 5.32 Å². The molecular formula is C10H13N5OS. The average molecular weight is 251 g/mol. The molecular weight excluding hydrogens is 238 g/mol. The van der Waals surface area contributed by atoms with Gasteiger partial charge in [-0.1, -0.05) is 11.8 Å². The summed E-state index contributed by atoms with van der Waals surface area (Å²) in [6, 6.07) is 1.82. The van der Waals surface area contributed by atoms with Crippen molar-refractivity contribution in [3.05, 3.63) is 24.8 Å². The SMILES string of the molecule is CSc1nc(NCCO)cc(-n2ccnc2)n1. The number of aliphatic hydroxyl groups excluding tert-OH is 1. The highest BCUT2D eigenvalue weighted by atomic mass is 32.2. The van der Waals surface area contributed by atoms with Crippen molar-refractivity contribution in [3.63, 3.8) is 0 Å². The fraction of sp³-hybridized carbons (Fsp3) is 0.300. The summed E-state index contributed by atoms with van der Waals surface area (Å²) >= 11 is 1.47. The minimum atomic E-state index is 0.0685. The maximum absolute atomic E-state index is 8.78. The molecule has 2 N–H and O–H groups in total. The number of hydrogen-bond donors (Lipinski definition) is 2. The van der Waals surface area contributed by atoms with Crippen LogP contribution in [-0.4, -0.2) is 44.0 Å². The molecule has 0 aliphatic heterocycles. The van der Waals surface area contributed by atoms with Gasteiger partial charge in [-0.05, 0) is 6.26 Å². The minimum absolute atomic E-state index is 0.0685. The Morgan fingerprint density at radius 2 is 2.35 bits per heavy atom. The zero-order chi connectivity index (χ0) is 12.1. The zero-order valence-corrected chi connectivity index (χ0v) is 10.2. The third-order valence-corrected chi connectivity index (χ3v) is 2.61. The smallest absolute Gasteiger partial charge is 0.191 e.